The van der Waals surface area contributed by atoms with E-state index in [1.165, 1.54) is 23.2 Å². The zero-order valence-electron chi connectivity index (χ0n) is 20.2. The van der Waals surface area contributed by atoms with Gasteiger partial charge in [0.15, 0.2) is 0 Å². The number of hydrogen-bond acceptors (Lipinski definition) is 6. The predicted molar refractivity (Wildman–Crippen MR) is 141 cm³/mol. The third-order valence-corrected chi connectivity index (χ3v) is 7.28. The van der Waals surface area contributed by atoms with Gasteiger partial charge in [0, 0.05) is 66.6 Å². The Labute approximate surface area is 206 Å². The molecule has 2 aliphatic heterocycles. The largest absolute Gasteiger partial charge is 0.365 e. The number of anilines is 3. The summed E-state index contributed by atoms with van der Waals surface area (Å²) in [6.45, 7) is 4.47. The lowest BCUT2D eigenvalue weighted by Gasteiger charge is -2.34. The van der Waals surface area contributed by atoms with Crippen molar-refractivity contribution in [2.24, 2.45) is 0 Å². The molecule has 2 aromatic heterocycles. The molecule has 0 aliphatic carbocycles. The van der Waals surface area contributed by atoms with E-state index in [0.717, 1.165) is 42.1 Å². The van der Waals surface area contributed by atoms with E-state index in [9.17, 15) is 0 Å². The van der Waals surface area contributed by atoms with Gasteiger partial charge in [0.05, 0.1) is 5.69 Å². The Morgan fingerprint density at radius 3 is 2.54 bits per heavy atom. The van der Waals surface area contributed by atoms with E-state index in [1.807, 2.05) is 18.3 Å². The normalized spacial score (nSPS) is 19.3. The number of likely N-dealkylation sites (tertiary alicyclic amines) is 1. The van der Waals surface area contributed by atoms with Crippen LogP contribution in [0.2, 0.25) is 0 Å². The minimum Gasteiger partial charge on any atom is -0.365 e. The van der Waals surface area contributed by atoms with Crippen LogP contribution in [0.4, 0.5) is 17.3 Å². The van der Waals surface area contributed by atoms with Gasteiger partial charge in [-0.15, -0.1) is 0 Å². The van der Waals surface area contributed by atoms with Crippen LogP contribution in [0, 0.1) is 6.92 Å². The smallest absolute Gasteiger partial charge is 0.227 e. The summed E-state index contributed by atoms with van der Waals surface area (Å²) < 4.78 is 0. The number of benzene rings is 2. The van der Waals surface area contributed by atoms with Crippen LogP contribution in [0.1, 0.15) is 23.2 Å². The van der Waals surface area contributed by atoms with E-state index in [4.69, 9.17) is 4.98 Å². The molecule has 2 bridgehead atoms. The maximum Gasteiger partial charge on any atom is 0.227 e. The summed E-state index contributed by atoms with van der Waals surface area (Å²) in [6.07, 6.45) is 5.78. The summed E-state index contributed by atoms with van der Waals surface area (Å²) in [7, 11) is 2.24. The number of fused-ring (bicyclic) bond motifs is 2. The van der Waals surface area contributed by atoms with Gasteiger partial charge in [-0.3, -0.25) is 9.88 Å². The first kappa shape index (κ1) is 21.7. The zero-order valence-corrected chi connectivity index (χ0v) is 20.2. The zero-order chi connectivity index (χ0) is 23.8. The number of aromatic nitrogens is 3. The van der Waals surface area contributed by atoms with Crippen LogP contribution in [0.3, 0.4) is 0 Å². The molecule has 0 spiro atoms. The molecule has 35 heavy (non-hydrogen) atoms. The number of aryl methyl sites for hydroxylation is 1. The molecule has 0 amide bonds. The van der Waals surface area contributed by atoms with E-state index in [-0.39, 0.29) is 0 Å². The monoisotopic (exact) mass is 462 g/mol. The quantitative estimate of drug-likeness (QED) is 0.432. The van der Waals surface area contributed by atoms with Crippen molar-refractivity contribution >= 4 is 17.3 Å². The molecule has 6 nitrogen and oxygen atoms in total. The minimum absolute atomic E-state index is 0.588. The Hall–Kier alpha value is -3.77. The van der Waals surface area contributed by atoms with Crippen molar-refractivity contribution in [2.75, 3.05) is 30.4 Å². The molecule has 2 aromatic carbocycles. The standard InChI is InChI=1S/C29H30N6/c1-20-14-24(10-11-28(20)35-19-25-16-26(35)18-34(25)2)32-29-30-13-12-27(33-29)22-8-9-23(31-17-22)15-21-6-4-3-5-7-21/h3-14,17,25-26H,15-16,18-19H2,1-2H3,(H,30,32,33)/t25-,26-/m0/s1. The third kappa shape index (κ3) is 4.49. The van der Waals surface area contributed by atoms with Gasteiger partial charge in [0.2, 0.25) is 5.95 Å². The van der Waals surface area contributed by atoms with E-state index in [1.54, 1.807) is 6.20 Å². The van der Waals surface area contributed by atoms with Crippen molar-refractivity contribution in [1.29, 1.82) is 0 Å². The lowest BCUT2D eigenvalue weighted by Crippen LogP contribution is -2.44. The molecular weight excluding hydrogens is 432 g/mol. The maximum atomic E-state index is 4.74. The molecule has 1 N–H and O–H groups in total. The number of nitrogens with zero attached hydrogens (tertiary/aromatic N) is 5. The fraction of sp³-hybridized carbons (Fsp3) is 0.276. The number of hydrogen-bond donors (Lipinski definition) is 1. The first-order chi connectivity index (χ1) is 17.1. The average molecular weight is 463 g/mol. The minimum atomic E-state index is 0.588. The van der Waals surface area contributed by atoms with Crippen LogP contribution in [-0.4, -0.2) is 52.1 Å². The van der Waals surface area contributed by atoms with E-state index in [2.05, 4.69) is 93.7 Å². The molecular formula is C29H30N6. The topological polar surface area (TPSA) is 57.2 Å². The molecule has 6 heteroatoms. The second kappa shape index (κ2) is 9.12. The molecule has 4 aromatic rings. The number of nitrogens with one attached hydrogen (secondary N) is 1. The highest BCUT2D eigenvalue weighted by Gasteiger charge is 2.41. The SMILES string of the molecule is Cc1cc(Nc2nccc(-c3ccc(Cc4ccccc4)nc3)n2)ccc1N1C[C@@H]2C[C@H]1CN2C. The highest BCUT2D eigenvalue weighted by atomic mass is 15.3. The molecule has 2 atom stereocenters. The summed E-state index contributed by atoms with van der Waals surface area (Å²) in [6, 6.07) is 24.4. The molecule has 0 radical (unpaired) electrons. The number of likely N-dealkylation sites (N-methyl/N-ethyl adjacent to an activating group) is 1. The fourth-order valence-corrected chi connectivity index (χ4v) is 5.41. The Bertz CT molecular complexity index is 1320. The molecule has 176 valence electrons. The van der Waals surface area contributed by atoms with Gasteiger partial charge >= 0.3 is 0 Å². The van der Waals surface area contributed by atoms with Crippen molar-refractivity contribution in [3.63, 3.8) is 0 Å². The first-order valence-electron chi connectivity index (χ1n) is 12.3. The van der Waals surface area contributed by atoms with Crippen molar-refractivity contribution < 1.29 is 0 Å². The van der Waals surface area contributed by atoms with E-state index in [0.29, 0.717) is 18.0 Å². The average Bonchev–Trinajstić information content (AvgIpc) is 3.45. The third-order valence-electron chi connectivity index (χ3n) is 7.28. The van der Waals surface area contributed by atoms with Gasteiger partial charge in [-0.2, -0.15) is 0 Å². The number of pyridine rings is 1. The van der Waals surface area contributed by atoms with Crippen LogP contribution < -0.4 is 10.2 Å². The van der Waals surface area contributed by atoms with Crippen molar-refractivity contribution in [3.05, 3.63) is 95.9 Å². The Balaban J connectivity index is 1.15. The van der Waals surface area contributed by atoms with Crippen molar-refractivity contribution in [3.8, 4) is 11.3 Å². The van der Waals surface area contributed by atoms with Crippen molar-refractivity contribution in [1.82, 2.24) is 19.9 Å². The lowest BCUT2D eigenvalue weighted by atomic mass is 10.1. The maximum absolute atomic E-state index is 4.74. The molecule has 2 aliphatic rings. The van der Waals surface area contributed by atoms with Gasteiger partial charge in [-0.25, -0.2) is 9.97 Å². The second-order valence-corrected chi connectivity index (χ2v) is 9.73. The summed E-state index contributed by atoms with van der Waals surface area (Å²) in [4.78, 5) is 18.9. The van der Waals surface area contributed by atoms with Crippen molar-refractivity contribution in [2.45, 2.75) is 31.8 Å². The fourth-order valence-electron chi connectivity index (χ4n) is 5.41. The summed E-state index contributed by atoms with van der Waals surface area (Å²) in [5, 5.41) is 3.39. The van der Waals surface area contributed by atoms with Gasteiger partial charge in [0.25, 0.3) is 0 Å². The Morgan fingerprint density at radius 1 is 0.943 bits per heavy atom. The Kier molecular flexibility index (Phi) is 5.66. The van der Waals surface area contributed by atoms with Crippen LogP contribution in [0.5, 0.6) is 0 Å². The van der Waals surface area contributed by atoms with Crippen LogP contribution >= 0.6 is 0 Å². The summed E-state index contributed by atoms with van der Waals surface area (Å²) in [5.41, 5.74) is 7.75. The molecule has 0 saturated carbocycles. The number of rotatable bonds is 6. The first-order valence-corrected chi connectivity index (χ1v) is 12.3. The Morgan fingerprint density at radius 2 is 1.83 bits per heavy atom. The van der Waals surface area contributed by atoms with Gasteiger partial charge < -0.3 is 10.2 Å². The molecule has 2 saturated heterocycles. The van der Waals surface area contributed by atoms with Crippen LogP contribution in [0.15, 0.2) is 79.1 Å². The molecule has 6 rings (SSSR count). The van der Waals surface area contributed by atoms with E-state index < -0.39 is 0 Å². The summed E-state index contributed by atoms with van der Waals surface area (Å²) in [5.74, 6) is 0.588. The molecule has 2 fully saturated rings. The van der Waals surface area contributed by atoms with Gasteiger partial charge in [0.1, 0.15) is 0 Å². The predicted octanol–water partition coefficient (Wildman–Crippen LogP) is 5.07. The molecule has 0 unspecified atom stereocenters. The van der Waals surface area contributed by atoms with Crippen LogP contribution in [0.25, 0.3) is 11.3 Å². The summed E-state index contributed by atoms with van der Waals surface area (Å²) >= 11 is 0. The van der Waals surface area contributed by atoms with Gasteiger partial charge in [-0.05, 0) is 67.9 Å². The highest BCUT2D eigenvalue weighted by molar-refractivity contribution is 5.66. The lowest BCUT2D eigenvalue weighted by molar-refractivity contribution is 0.292. The highest BCUT2D eigenvalue weighted by Crippen LogP contribution is 2.36. The molecule has 4 heterocycles. The number of piperazine rings is 1. The van der Waals surface area contributed by atoms with Gasteiger partial charge in [-0.1, -0.05) is 30.3 Å². The second-order valence-electron chi connectivity index (χ2n) is 9.73. The van der Waals surface area contributed by atoms with Crippen LogP contribution in [-0.2, 0) is 6.42 Å². The van der Waals surface area contributed by atoms with E-state index >= 15 is 0 Å².